The maximum absolute atomic E-state index is 13.1. The minimum atomic E-state index is -0.111. The number of ether oxygens (including phenoxy) is 1. The zero-order chi connectivity index (χ0) is 16.0. The Morgan fingerprint density at radius 2 is 2.30 bits per heavy atom. The third kappa shape index (κ3) is 2.30. The number of nitrogens with two attached hydrogens (primary N) is 1. The molecule has 0 amide bonds. The Bertz CT molecular complexity index is 929. The SMILES string of the molecule is Cc1nc(N)nc2c1cc(-c1nccs1)c(=O)n2[C@@H]1CCOC1. The summed E-state index contributed by atoms with van der Waals surface area (Å²) < 4.78 is 7.16. The van der Waals surface area contributed by atoms with Crippen LogP contribution in [0.2, 0.25) is 0 Å². The van der Waals surface area contributed by atoms with E-state index in [0.29, 0.717) is 29.4 Å². The van der Waals surface area contributed by atoms with Crippen LogP contribution in [-0.4, -0.2) is 32.7 Å². The van der Waals surface area contributed by atoms with Crippen molar-refractivity contribution in [1.29, 1.82) is 0 Å². The predicted octanol–water partition coefficient (Wildman–Crippen LogP) is 1.77. The van der Waals surface area contributed by atoms with Gasteiger partial charge in [-0.1, -0.05) is 0 Å². The van der Waals surface area contributed by atoms with Crippen molar-refractivity contribution in [3.63, 3.8) is 0 Å². The topological polar surface area (TPSA) is 95.9 Å². The highest BCUT2D eigenvalue weighted by Crippen LogP contribution is 2.27. The number of thiazole rings is 1. The molecule has 0 radical (unpaired) electrons. The third-order valence-corrected chi connectivity index (χ3v) is 4.84. The number of hydrogen-bond acceptors (Lipinski definition) is 7. The lowest BCUT2D eigenvalue weighted by Crippen LogP contribution is -2.28. The van der Waals surface area contributed by atoms with E-state index in [0.717, 1.165) is 17.5 Å². The average molecular weight is 329 g/mol. The van der Waals surface area contributed by atoms with E-state index in [2.05, 4.69) is 15.0 Å². The molecule has 0 spiro atoms. The molecule has 3 aromatic heterocycles. The molecule has 0 bridgehead atoms. The van der Waals surface area contributed by atoms with Crippen molar-refractivity contribution in [1.82, 2.24) is 19.5 Å². The van der Waals surface area contributed by atoms with Gasteiger partial charge in [0.2, 0.25) is 5.95 Å². The molecule has 1 atom stereocenters. The summed E-state index contributed by atoms with van der Waals surface area (Å²) in [6, 6.07) is 1.77. The zero-order valence-corrected chi connectivity index (χ0v) is 13.3. The first-order valence-electron chi connectivity index (χ1n) is 7.32. The Labute approximate surface area is 135 Å². The second-order valence-electron chi connectivity index (χ2n) is 5.49. The molecule has 0 aromatic carbocycles. The fraction of sp³-hybridized carbons (Fsp3) is 0.333. The van der Waals surface area contributed by atoms with E-state index in [9.17, 15) is 4.79 Å². The van der Waals surface area contributed by atoms with Gasteiger partial charge in [-0.2, -0.15) is 4.98 Å². The number of pyridine rings is 1. The second kappa shape index (κ2) is 5.39. The van der Waals surface area contributed by atoms with Crippen LogP contribution in [0.15, 0.2) is 22.4 Å². The normalized spacial score (nSPS) is 17.9. The number of nitrogens with zero attached hydrogens (tertiary/aromatic N) is 4. The van der Waals surface area contributed by atoms with Crippen molar-refractivity contribution >= 4 is 28.3 Å². The van der Waals surface area contributed by atoms with Gasteiger partial charge in [-0.3, -0.25) is 9.36 Å². The quantitative estimate of drug-likeness (QED) is 0.770. The largest absolute Gasteiger partial charge is 0.379 e. The minimum absolute atomic E-state index is 0.0430. The molecular formula is C15H15N5O2S. The zero-order valence-electron chi connectivity index (χ0n) is 12.5. The maximum Gasteiger partial charge on any atom is 0.262 e. The number of aryl methyl sites for hydroxylation is 1. The molecule has 118 valence electrons. The number of nitrogen functional groups attached to an aromatic ring is 1. The van der Waals surface area contributed by atoms with Gasteiger partial charge in [0.05, 0.1) is 23.9 Å². The van der Waals surface area contributed by atoms with Gasteiger partial charge in [0.15, 0.2) is 0 Å². The average Bonchev–Trinajstić information content (AvgIpc) is 3.20. The molecule has 1 aliphatic rings. The van der Waals surface area contributed by atoms with Crippen molar-refractivity contribution in [2.45, 2.75) is 19.4 Å². The van der Waals surface area contributed by atoms with Crippen molar-refractivity contribution in [2.24, 2.45) is 0 Å². The van der Waals surface area contributed by atoms with Gasteiger partial charge in [0.25, 0.3) is 5.56 Å². The second-order valence-corrected chi connectivity index (χ2v) is 6.39. The Morgan fingerprint density at radius 1 is 1.43 bits per heavy atom. The van der Waals surface area contributed by atoms with Gasteiger partial charge in [0, 0.05) is 23.6 Å². The third-order valence-electron chi connectivity index (χ3n) is 4.03. The molecule has 4 heterocycles. The standard InChI is InChI=1S/C15H15N5O2S/c1-8-10-6-11(13-17-3-5-23-13)14(21)20(9-2-4-22-7-9)12(10)19-15(16)18-8/h3,5-6,9H,2,4,7H2,1H3,(H2,16,18,19)/t9-/m1/s1. The fourth-order valence-corrected chi connectivity index (χ4v) is 3.59. The summed E-state index contributed by atoms with van der Waals surface area (Å²) in [6.07, 6.45) is 2.47. The molecule has 7 nitrogen and oxygen atoms in total. The van der Waals surface area contributed by atoms with Crippen LogP contribution < -0.4 is 11.3 Å². The molecule has 0 aliphatic carbocycles. The summed E-state index contributed by atoms with van der Waals surface area (Å²) >= 11 is 1.44. The Kier molecular flexibility index (Phi) is 3.35. The van der Waals surface area contributed by atoms with Crippen LogP contribution in [-0.2, 0) is 4.74 Å². The van der Waals surface area contributed by atoms with Gasteiger partial charge in [-0.05, 0) is 19.4 Å². The summed E-state index contributed by atoms with van der Waals surface area (Å²) in [5, 5.41) is 3.37. The van der Waals surface area contributed by atoms with Gasteiger partial charge in [0.1, 0.15) is 10.7 Å². The predicted molar refractivity (Wildman–Crippen MR) is 88.5 cm³/mol. The molecule has 4 rings (SSSR count). The summed E-state index contributed by atoms with van der Waals surface area (Å²) in [4.78, 5) is 25.9. The van der Waals surface area contributed by atoms with Crippen LogP contribution in [0.5, 0.6) is 0 Å². The lowest BCUT2D eigenvalue weighted by atomic mass is 10.1. The number of hydrogen-bond donors (Lipinski definition) is 1. The fourth-order valence-electron chi connectivity index (χ4n) is 2.95. The van der Waals surface area contributed by atoms with Crippen LogP contribution in [0, 0.1) is 6.92 Å². The van der Waals surface area contributed by atoms with E-state index in [1.54, 1.807) is 10.8 Å². The van der Waals surface area contributed by atoms with E-state index in [1.165, 1.54) is 11.3 Å². The Hall–Kier alpha value is -2.32. The van der Waals surface area contributed by atoms with Crippen LogP contribution in [0.4, 0.5) is 5.95 Å². The molecule has 1 aliphatic heterocycles. The molecule has 23 heavy (non-hydrogen) atoms. The highest BCUT2D eigenvalue weighted by Gasteiger charge is 2.24. The molecule has 1 fully saturated rings. The van der Waals surface area contributed by atoms with E-state index in [1.807, 2.05) is 18.4 Å². The first-order chi connectivity index (χ1) is 11.1. The molecular weight excluding hydrogens is 314 g/mol. The monoisotopic (exact) mass is 329 g/mol. The van der Waals surface area contributed by atoms with Crippen molar-refractivity contribution in [3.8, 4) is 10.6 Å². The van der Waals surface area contributed by atoms with Crippen LogP contribution >= 0.6 is 11.3 Å². The summed E-state index contributed by atoms with van der Waals surface area (Å²) in [7, 11) is 0. The van der Waals surface area contributed by atoms with Crippen LogP contribution in [0.3, 0.4) is 0 Å². The van der Waals surface area contributed by atoms with Crippen LogP contribution in [0.25, 0.3) is 21.6 Å². The van der Waals surface area contributed by atoms with Crippen molar-refractivity contribution in [2.75, 3.05) is 18.9 Å². The van der Waals surface area contributed by atoms with E-state index >= 15 is 0 Å². The molecule has 8 heteroatoms. The Balaban J connectivity index is 2.10. The first kappa shape index (κ1) is 14.3. The highest BCUT2D eigenvalue weighted by atomic mass is 32.1. The van der Waals surface area contributed by atoms with Crippen molar-refractivity contribution in [3.05, 3.63) is 33.7 Å². The van der Waals surface area contributed by atoms with Crippen molar-refractivity contribution < 1.29 is 4.74 Å². The smallest absolute Gasteiger partial charge is 0.262 e. The van der Waals surface area contributed by atoms with E-state index in [-0.39, 0.29) is 17.5 Å². The lowest BCUT2D eigenvalue weighted by molar-refractivity contribution is 0.186. The van der Waals surface area contributed by atoms with E-state index < -0.39 is 0 Å². The lowest BCUT2D eigenvalue weighted by Gasteiger charge is -2.17. The molecule has 2 N–H and O–H groups in total. The van der Waals surface area contributed by atoms with Gasteiger partial charge >= 0.3 is 0 Å². The van der Waals surface area contributed by atoms with Gasteiger partial charge in [-0.15, -0.1) is 11.3 Å². The molecule has 0 unspecified atom stereocenters. The Morgan fingerprint density at radius 3 is 3.00 bits per heavy atom. The molecule has 1 saturated heterocycles. The first-order valence-corrected chi connectivity index (χ1v) is 8.20. The maximum atomic E-state index is 13.1. The van der Waals surface area contributed by atoms with Gasteiger partial charge in [-0.25, -0.2) is 9.97 Å². The minimum Gasteiger partial charge on any atom is -0.379 e. The molecule has 0 saturated carbocycles. The summed E-state index contributed by atoms with van der Waals surface area (Å²) in [6.45, 7) is 3.00. The summed E-state index contributed by atoms with van der Waals surface area (Å²) in [5.74, 6) is 0.170. The summed E-state index contributed by atoms with van der Waals surface area (Å²) in [5.41, 5.74) is 7.56. The van der Waals surface area contributed by atoms with E-state index in [4.69, 9.17) is 10.5 Å². The number of rotatable bonds is 2. The van der Waals surface area contributed by atoms with Gasteiger partial charge < -0.3 is 10.5 Å². The van der Waals surface area contributed by atoms with Crippen LogP contribution in [0.1, 0.15) is 18.2 Å². The number of anilines is 1. The highest BCUT2D eigenvalue weighted by molar-refractivity contribution is 7.13. The molecule has 3 aromatic rings. The number of fused-ring (bicyclic) bond motifs is 1. The number of aromatic nitrogens is 4.